The van der Waals surface area contributed by atoms with Crippen molar-refractivity contribution in [3.8, 4) is 0 Å². The second-order valence-corrected chi connectivity index (χ2v) is 8.13. The Morgan fingerprint density at radius 3 is 2.48 bits per heavy atom. The second-order valence-electron chi connectivity index (χ2n) is 7.34. The summed E-state index contributed by atoms with van der Waals surface area (Å²) in [7, 11) is 0. The first-order valence-corrected chi connectivity index (χ1v) is 9.81. The number of fused-ring (bicyclic) bond motifs is 2. The molecule has 0 spiro atoms. The van der Waals surface area contributed by atoms with Crippen LogP contribution >= 0.6 is 23.8 Å². The van der Waals surface area contributed by atoms with E-state index in [4.69, 9.17) is 23.8 Å². The summed E-state index contributed by atoms with van der Waals surface area (Å²) in [5.74, 6) is 1.64. The van der Waals surface area contributed by atoms with Crippen molar-refractivity contribution in [2.75, 3.05) is 31.1 Å². The molecule has 1 saturated carbocycles. The minimum Gasteiger partial charge on any atom is -0.359 e. The molecule has 1 aromatic heterocycles. The lowest BCUT2D eigenvalue weighted by molar-refractivity contribution is -0.137. The predicted molar refractivity (Wildman–Crippen MR) is 103 cm³/mol. The van der Waals surface area contributed by atoms with Crippen molar-refractivity contribution in [2.24, 2.45) is 11.8 Å². The Morgan fingerprint density at radius 1 is 1.19 bits per heavy atom. The molecule has 146 valence electrons. The van der Waals surface area contributed by atoms with Crippen LogP contribution in [0.2, 0.25) is 5.02 Å². The van der Waals surface area contributed by atoms with Gasteiger partial charge in [-0.25, -0.2) is 4.98 Å². The molecular formula is C18H20ClF3N4S. The maximum atomic E-state index is 12.8. The summed E-state index contributed by atoms with van der Waals surface area (Å²) in [4.78, 5) is 7.96. The van der Waals surface area contributed by atoms with Crippen LogP contribution in [0, 0.1) is 11.8 Å². The van der Waals surface area contributed by atoms with E-state index in [2.05, 4.69) is 27.4 Å². The van der Waals surface area contributed by atoms with E-state index in [1.54, 1.807) is 0 Å². The first-order chi connectivity index (χ1) is 12.8. The zero-order chi connectivity index (χ0) is 19.2. The monoisotopic (exact) mass is 416 g/mol. The number of alkyl halides is 3. The Morgan fingerprint density at radius 2 is 1.93 bits per heavy atom. The first-order valence-electron chi connectivity index (χ1n) is 9.03. The third kappa shape index (κ3) is 3.87. The fourth-order valence-electron chi connectivity index (χ4n) is 4.14. The van der Waals surface area contributed by atoms with Crippen molar-refractivity contribution >= 4 is 34.7 Å². The lowest BCUT2D eigenvalue weighted by atomic mass is 10.0. The lowest BCUT2D eigenvalue weighted by Crippen LogP contribution is -2.54. The molecule has 2 heterocycles. The zero-order valence-electron chi connectivity index (χ0n) is 14.5. The number of hydrogen-bond donors (Lipinski definition) is 1. The maximum absolute atomic E-state index is 12.8. The molecule has 9 heteroatoms. The minimum absolute atomic E-state index is 0.0211. The van der Waals surface area contributed by atoms with Gasteiger partial charge in [0.1, 0.15) is 5.82 Å². The number of allylic oxidation sites excluding steroid dienone is 1. The Hall–Kier alpha value is -1.54. The number of piperazine rings is 1. The minimum atomic E-state index is -4.44. The van der Waals surface area contributed by atoms with E-state index in [1.807, 2.05) is 4.90 Å². The van der Waals surface area contributed by atoms with E-state index < -0.39 is 11.7 Å². The fraction of sp³-hybridized carbons (Fsp3) is 0.556. The van der Waals surface area contributed by atoms with Gasteiger partial charge in [0.2, 0.25) is 0 Å². The summed E-state index contributed by atoms with van der Waals surface area (Å²) in [5, 5.41) is 4.27. The molecule has 27 heavy (non-hydrogen) atoms. The van der Waals surface area contributed by atoms with E-state index in [9.17, 15) is 13.2 Å². The molecule has 1 saturated heterocycles. The molecule has 3 atom stereocenters. The van der Waals surface area contributed by atoms with Gasteiger partial charge < -0.3 is 15.1 Å². The number of nitrogens with one attached hydrogen (secondary N) is 1. The molecule has 1 N–H and O–H groups in total. The maximum Gasteiger partial charge on any atom is 0.417 e. The molecule has 1 aliphatic heterocycles. The number of rotatable bonds is 2. The highest BCUT2D eigenvalue weighted by Crippen LogP contribution is 2.39. The Kier molecular flexibility index (Phi) is 4.96. The van der Waals surface area contributed by atoms with Crippen molar-refractivity contribution in [3.63, 3.8) is 0 Å². The SMILES string of the molecule is FC(F)(F)c1cnc(N2CCN(C(=S)N[C@H]3C[C@H]4C=C[C@@H]3C4)CC2)c(Cl)c1. The molecule has 2 fully saturated rings. The number of pyridine rings is 1. The molecule has 1 aromatic rings. The van der Waals surface area contributed by atoms with Crippen LogP contribution < -0.4 is 10.2 Å². The zero-order valence-corrected chi connectivity index (χ0v) is 16.1. The third-order valence-corrected chi connectivity index (χ3v) is 6.26. The van der Waals surface area contributed by atoms with E-state index in [1.165, 1.54) is 6.42 Å². The fourth-order valence-corrected chi connectivity index (χ4v) is 4.76. The summed E-state index contributed by atoms with van der Waals surface area (Å²) in [6.07, 6.45) is 3.32. The van der Waals surface area contributed by atoms with Crippen LogP contribution in [0.25, 0.3) is 0 Å². The normalized spacial score (nSPS) is 27.3. The molecule has 4 rings (SSSR count). The first kappa shape index (κ1) is 18.8. The number of thiocarbonyl (C=S) groups is 1. The van der Waals surface area contributed by atoms with Gasteiger partial charge in [0.15, 0.2) is 5.11 Å². The highest BCUT2D eigenvalue weighted by molar-refractivity contribution is 7.80. The number of nitrogens with zero attached hydrogens (tertiary/aromatic N) is 3. The number of halogens is 4. The van der Waals surface area contributed by atoms with Crippen LogP contribution in [-0.2, 0) is 6.18 Å². The van der Waals surface area contributed by atoms with E-state index >= 15 is 0 Å². The van der Waals surface area contributed by atoms with Crippen LogP contribution in [0.4, 0.5) is 19.0 Å². The van der Waals surface area contributed by atoms with Crippen molar-refractivity contribution in [2.45, 2.75) is 25.1 Å². The molecule has 2 aliphatic carbocycles. The Bertz CT molecular complexity index is 761. The molecule has 3 aliphatic rings. The van der Waals surface area contributed by atoms with Gasteiger partial charge in [0.05, 0.1) is 10.6 Å². The number of hydrogen-bond acceptors (Lipinski definition) is 3. The van der Waals surface area contributed by atoms with Gasteiger partial charge in [-0.15, -0.1) is 0 Å². The summed E-state index contributed by atoms with van der Waals surface area (Å²) >= 11 is 11.6. The molecule has 2 bridgehead atoms. The Labute approximate surface area is 166 Å². The summed E-state index contributed by atoms with van der Waals surface area (Å²) in [6, 6.07) is 1.35. The van der Waals surface area contributed by atoms with Crippen molar-refractivity contribution in [1.82, 2.24) is 15.2 Å². The molecule has 0 radical (unpaired) electrons. The Balaban J connectivity index is 1.33. The van der Waals surface area contributed by atoms with Crippen LogP contribution in [0.3, 0.4) is 0 Å². The van der Waals surface area contributed by atoms with Gasteiger partial charge in [0.25, 0.3) is 0 Å². The van der Waals surface area contributed by atoms with Gasteiger partial charge in [-0.3, -0.25) is 0 Å². The third-order valence-electron chi connectivity index (χ3n) is 5.60. The van der Waals surface area contributed by atoms with E-state index in [0.29, 0.717) is 49.9 Å². The topological polar surface area (TPSA) is 31.4 Å². The van der Waals surface area contributed by atoms with E-state index in [-0.39, 0.29) is 5.02 Å². The standard InChI is InChI=1S/C18H20ClF3N4S/c19-14-9-13(18(20,21)22)10-23-16(14)25-3-5-26(6-4-25)17(27)24-15-8-11-1-2-12(15)7-11/h1-2,9-12,15H,3-8H2,(H,24,27)/t11-,12+,15-/m0/s1. The smallest absolute Gasteiger partial charge is 0.359 e. The second kappa shape index (κ2) is 7.13. The average Bonchev–Trinajstić information content (AvgIpc) is 3.24. The summed E-state index contributed by atoms with van der Waals surface area (Å²) in [5.41, 5.74) is -0.833. The highest BCUT2D eigenvalue weighted by Gasteiger charge is 2.37. The average molecular weight is 417 g/mol. The predicted octanol–water partition coefficient (Wildman–Crippen LogP) is 3.71. The van der Waals surface area contributed by atoms with Crippen LogP contribution in [0.5, 0.6) is 0 Å². The van der Waals surface area contributed by atoms with Gasteiger partial charge in [0, 0.05) is 38.4 Å². The van der Waals surface area contributed by atoms with Crippen molar-refractivity contribution in [1.29, 1.82) is 0 Å². The molecule has 0 amide bonds. The van der Waals surface area contributed by atoms with Gasteiger partial charge in [-0.2, -0.15) is 13.2 Å². The van der Waals surface area contributed by atoms with Crippen LogP contribution in [-0.4, -0.2) is 47.2 Å². The van der Waals surface area contributed by atoms with Crippen LogP contribution in [0.1, 0.15) is 18.4 Å². The van der Waals surface area contributed by atoms with Gasteiger partial charge >= 0.3 is 6.18 Å². The lowest BCUT2D eigenvalue weighted by Gasteiger charge is -2.38. The molecule has 4 nitrogen and oxygen atoms in total. The quantitative estimate of drug-likeness (QED) is 0.586. The number of anilines is 1. The van der Waals surface area contributed by atoms with Crippen LogP contribution in [0.15, 0.2) is 24.4 Å². The molecular weight excluding hydrogens is 397 g/mol. The summed E-state index contributed by atoms with van der Waals surface area (Å²) < 4.78 is 38.3. The highest BCUT2D eigenvalue weighted by atomic mass is 35.5. The molecule has 0 aromatic carbocycles. The van der Waals surface area contributed by atoms with Gasteiger partial charge in [-0.1, -0.05) is 23.8 Å². The summed E-state index contributed by atoms with van der Waals surface area (Å²) in [6.45, 7) is 2.58. The van der Waals surface area contributed by atoms with Crippen molar-refractivity contribution in [3.05, 3.63) is 35.0 Å². The van der Waals surface area contributed by atoms with E-state index in [0.717, 1.165) is 23.8 Å². The van der Waals surface area contributed by atoms with Crippen molar-refractivity contribution < 1.29 is 13.2 Å². The largest absolute Gasteiger partial charge is 0.417 e. The number of aromatic nitrogens is 1. The molecule has 0 unspecified atom stereocenters. The van der Waals surface area contributed by atoms with Gasteiger partial charge in [-0.05, 0) is 43.0 Å².